The molecule has 0 atom stereocenters. The third-order valence-corrected chi connectivity index (χ3v) is 3.08. The van der Waals surface area contributed by atoms with Crippen LogP contribution in [-0.4, -0.2) is 34.3 Å². The number of hydrogen-bond donors (Lipinski definition) is 2. The Morgan fingerprint density at radius 2 is 2.00 bits per heavy atom. The van der Waals surface area contributed by atoms with Crippen molar-refractivity contribution in [2.75, 3.05) is 11.9 Å². The quantitative estimate of drug-likeness (QED) is 0.411. The molecule has 0 aliphatic rings. The number of benzene rings is 1. The average molecular weight is 438 g/mol. The van der Waals surface area contributed by atoms with Gasteiger partial charge >= 0.3 is 12.1 Å². The fraction of sp³-hybridized carbons (Fsp3) is 0.385. The summed E-state index contributed by atoms with van der Waals surface area (Å²) in [6.07, 6.45) is -0.869. The second-order valence-electron chi connectivity index (χ2n) is 5.37. The Morgan fingerprint density at radius 1 is 1.39 bits per heavy atom. The highest BCUT2D eigenvalue weighted by Crippen LogP contribution is 2.34. The lowest BCUT2D eigenvalue weighted by atomic mass is 10.2. The van der Waals surface area contributed by atoms with Crippen molar-refractivity contribution in [3.8, 4) is 5.75 Å². The summed E-state index contributed by atoms with van der Waals surface area (Å²) in [6, 6.07) is 2.36. The van der Waals surface area contributed by atoms with Gasteiger partial charge in [0.2, 0.25) is 0 Å². The van der Waals surface area contributed by atoms with Gasteiger partial charge in [0.25, 0.3) is 5.69 Å². The van der Waals surface area contributed by atoms with Crippen molar-refractivity contribution in [1.82, 2.24) is 0 Å². The summed E-state index contributed by atoms with van der Waals surface area (Å²) < 4.78 is 10.4. The number of ether oxygens (including phenoxy) is 2. The zero-order valence-corrected chi connectivity index (χ0v) is 14.7. The summed E-state index contributed by atoms with van der Waals surface area (Å²) in [6.45, 7) is 4.34. The number of nitro groups is 1. The lowest BCUT2D eigenvalue weighted by Crippen LogP contribution is -2.27. The molecule has 0 saturated heterocycles. The van der Waals surface area contributed by atoms with Crippen LogP contribution < -0.4 is 10.1 Å². The molecule has 0 aromatic heterocycles. The number of hydrogen-bond acceptors (Lipinski definition) is 6. The Hall–Kier alpha value is -2.11. The number of carbonyl (C=O) groups excluding carboxylic acids is 1. The lowest BCUT2D eigenvalue weighted by molar-refractivity contribution is -0.384. The first-order valence-corrected chi connectivity index (χ1v) is 7.40. The van der Waals surface area contributed by atoms with E-state index in [9.17, 15) is 19.7 Å². The molecular formula is C13H15IN2O7. The second kappa shape index (κ2) is 7.44. The molecule has 23 heavy (non-hydrogen) atoms. The molecule has 1 aromatic carbocycles. The van der Waals surface area contributed by atoms with Crippen molar-refractivity contribution in [3.63, 3.8) is 0 Å². The Bertz CT molecular complexity index is 640. The number of aliphatic carboxylic acids is 1. The van der Waals surface area contributed by atoms with E-state index in [1.165, 1.54) is 12.1 Å². The Kier molecular flexibility index (Phi) is 6.12. The lowest BCUT2D eigenvalue weighted by Gasteiger charge is -2.20. The van der Waals surface area contributed by atoms with Gasteiger partial charge in [-0.15, -0.1) is 0 Å². The van der Waals surface area contributed by atoms with E-state index in [0.717, 1.165) is 0 Å². The normalized spacial score (nSPS) is 10.8. The molecule has 0 heterocycles. The van der Waals surface area contributed by atoms with Crippen LogP contribution in [0.1, 0.15) is 20.8 Å². The smallest absolute Gasteiger partial charge is 0.412 e. The summed E-state index contributed by atoms with van der Waals surface area (Å²) in [7, 11) is 0. The minimum Gasteiger partial charge on any atom is -0.481 e. The summed E-state index contributed by atoms with van der Waals surface area (Å²) in [4.78, 5) is 32.7. The van der Waals surface area contributed by atoms with Crippen molar-refractivity contribution in [3.05, 3.63) is 25.8 Å². The highest BCUT2D eigenvalue weighted by atomic mass is 127. The van der Waals surface area contributed by atoms with Crippen LogP contribution in [0.2, 0.25) is 0 Å². The topological polar surface area (TPSA) is 128 Å². The maximum Gasteiger partial charge on any atom is 0.412 e. The molecule has 0 aliphatic heterocycles. The van der Waals surface area contributed by atoms with E-state index in [1.54, 1.807) is 43.4 Å². The average Bonchev–Trinajstić information content (AvgIpc) is 2.36. The molecule has 9 nitrogen and oxygen atoms in total. The van der Waals surface area contributed by atoms with Crippen LogP contribution in [0, 0.1) is 13.7 Å². The molecule has 2 N–H and O–H groups in total. The second-order valence-corrected chi connectivity index (χ2v) is 6.53. The van der Waals surface area contributed by atoms with Gasteiger partial charge in [0, 0.05) is 12.1 Å². The van der Waals surface area contributed by atoms with E-state index < -0.39 is 29.2 Å². The Labute approximate surface area is 145 Å². The molecule has 126 valence electrons. The number of carbonyl (C=O) groups is 2. The number of carboxylic acids is 1. The number of rotatable bonds is 5. The van der Waals surface area contributed by atoms with Crippen molar-refractivity contribution < 1.29 is 29.1 Å². The molecular weight excluding hydrogens is 423 g/mol. The third kappa shape index (κ3) is 6.26. The molecule has 0 fully saturated rings. The number of nitro benzene ring substituents is 1. The predicted molar refractivity (Wildman–Crippen MR) is 88.8 cm³/mol. The fourth-order valence-corrected chi connectivity index (χ4v) is 2.06. The van der Waals surface area contributed by atoms with Crippen LogP contribution in [0.5, 0.6) is 5.75 Å². The number of anilines is 1. The molecule has 10 heteroatoms. The minimum atomic E-state index is -1.19. The number of nitrogens with one attached hydrogen (secondary N) is 1. The molecule has 1 aromatic rings. The molecule has 1 amide bonds. The molecule has 0 aliphatic carbocycles. The predicted octanol–water partition coefficient (Wildman–Crippen LogP) is 3.01. The van der Waals surface area contributed by atoms with Crippen LogP contribution in [0.15, 0.2) is 12.1 Å². The van der Waals surface area contributed by atoms with Gasteiger partial charge in [-0.1, -0.05) is 0 Å². The first-order valence-electron chi connectivity index (χ1n) is 6.32. The van der Waals surface area contributed by atoms with Crippen LogP contribution in [0.4, 0.5) is 16.2 Å². The number of amides is 1. The van der Waals surface area contributed by atoms with E-state index >= 15 is 0 Å². The number of nitrogens with zero attached hydrogens (tertiary/aromatic N) is 1. The summed E-state index contributed by atoms with van der Waals surface area (Å²) in [5, 5.41) is 22.0. The van der Waals surface area contributed by atoms with Gasteiger partial charge < -0.3 is 14.6 Å². The van der Waals surface area contributed by atoms with Crippen LogP contribution in [0.25, 0.3) is 0 Å². The minimum absolute atomic E-state index is 0.102. The number of halogens is 1. The molecule has 0 bridgehead atoms. The molecule has 0 saturated carbocycles. The van der Waals surface area contributed by atoms with E-state index in [4.69, 9.17) is 14.6 Å². The Morgan fingerprint density at radius 3 is 2.48 bits per heavy atom. The van der Waals surface area contributed by atoms with E-state index in [1.807, 2.05) is 0 Å². The SMILES string of the molecule is CC(C)(C)OC(=O)Nc1cc(OCC(=O)O)c(I)cc1[N+](=O)[O-]. The van der Waals surface area contributed by atoms with Gasteiger partial charge in [-0.25, -0.2) is 9.59 Å². The van der Waals surface area contributed by atoms with Crippen molar-refractivity contribution in [2.45, 2.75) is 26.4 Å². The van der Waals surface area contributed by atoms with Crippen molar-refractivity contribution in [2.24, 2.45) is 0 Å². The van der Waals surface area contributed by atoms with Crippen LogP contribution in [-0.2, 0) is 9.53 Å². The highest BCUT2D eigenvalue weighted by Gasteiger charge is 2.23. The van der Waals surface area contributed by atoms with Crippen LogP contribution >= 0.6 is 22.6 Å². The van der Waals surface area contributed by atoms with Gasteiger partial charge in [0.05, 0.1) is 8.49 Å². The molecule has 0 unspecified atom stereocenters. The van der Waals surface area contributed by atoms with E-state index in [0.29, 0.717) is 3.57 Å². The van der Waals surface area contributed by atoms with Gasteiger partial charge in [0.1, 0.15) is 17.0 Å². The maximum absolute atomic E-state index is 11.8. The standard InChI is InChI=1S/C13H15IN2O7/c1-13(2,3)23-12(19)15-8-5-10(22-6-11(17)18)7(14)4-9(8)16(20)21/h4-5H,6H2,1-3H3,(H,15,19)(H,17,18). The first kappa shape index (κ1) is 18.9. The molecule has 1 rings (SSSR count). The largest absolute Gasteiger partial charge is 0.481 e. The summed E-state index contributed by atoms with van der Waals surface area (Å²) >= 11 is 1.77. The van der Waals surface area contributed by atoms with E-state index in [-0.39, 0.29) is 17.1 Å². The summed E-state index contributed by atoms with van der Waals surface area (Å²) in [5.41, 5.74) is -1.28. The van der Waals surface area contributed by atoms with E-state index in [2.05, 4.69) is 5.32 Å². The van der Waals surface area contributed by atoms with Gasteiger partial charge in [0.15, 0.2) is 6.61 Å². The monoisotopic (exact) mass is 438 g/mol. The zero-order chi connectivity index (χ0) is 17.8. The molecule has 0 spiro atoms. The maximum atomic E-state index is 11.8. The van der Waals surface area contributed by atoms with Gasteiger partial charge in [-0.05, 0) is 43.4 Å². The van der Waals surface area contributed by atoms with Crippen molar-refractivity contribution in [1.29, 1.82) is 0 Å². The zero-order valence-electron chi connectivity index (χ0n) is 12.6. The van der Waals surface area contributed by atoms with Gasteiger partial charge in [-0.3, -0.25) is 15.4 Å². The van der Waals surface area contributed by atoms with Crippen molar-refractivity contribution >= 4 is 46.0 Å². The molecule has 0 radical (unpaired) electrons. The summed E-state index contributed by atoms with van der Waals surface area (Å²) in [5.74, 6) is -1.09. The number of carboxylic acid groups (broad SMARTS) is 1. The van der Waals surface area contributed by atoms with Gasteiger partial charge in [-0.2, -0.15) is 0 Å². The highest BCUT2D eigenvalue weighted by molar-refractivity contribution is 14.1. The third-order valence-electron chi connectivity index (χ3n) is 2.23. The van der Waals surface area contributed by atoms with Crippen LogP contribution in [0.3, 0.4) is 0 Å². The fourth-order valence-electron chi connectivity index (χ4n) is 1.46. The first-order chi connectivity index (χ1) is 10.5. The Balaban J connectivity index is 3.11.